The quantitative estimate of drug-likeness (QED) is 0.859. The number of carbonyl (C=O) groups excluding carboxylic acids is 1. The molecular weight excluding hydrogens is 369 g/mol. The number of benzene rings is 1. The Morgan fingerprint density at radius 1 is 1.26 bits per heavy atom. The minimum absolute atomic E-state index is 0.00803. The highest BCUT2D eigenvalue weighted by Gasteiger charge is 2.36. The number of amides is 1. The van der Waals surface area contributed by atoms with Crippen molar-refractivity contribution < 1.29 is 32.6 Å². The van der Waals surface area contributed by atoms with E-state index in [2.05, 4.69) is 14.9 Å². The molecule has 1 aliphatic heterocycles. The number of hydrogen-bond donors (Lipinski definition) is 1. The van der Waals surface area contributed by atoms with Gasteiger partial charge in [0.1, 0.15) is 17.6 Å². The van der Waals surface area contributed by atoms with Crippen molar-refractivity contribution in [3.05, 3.63) is 41.5 Å². The van der Waals surface area contributed by atoms with E-state index in [1.165, 1.54) is 17.0 Å². The van der Waals surface area contributed by atoms with Crippen LogP contribution in [-0.2, 0) is 29.1 Å². The molecule has 0 spiro atoms. The highest BCUT2D eigenvalue weighted by Crippen LogP contribution is 2.24. The topological polar surface area (TPSA) is 97.5 Å². The minimum Gasteiger partial charge on any atom is -0.480 e. The Bertz CT molecular complexity index is 864. The Morgan fingerprint density at radius 2 is 1.93 bits per heavy atom. The Kier molecular flexibility index (Phi) is 4.77. The Balaban J connectivity index is 1.73. The van der Waals surface area contributed by atoms with Gasteiger partial charge in [-0.2, -0.15) is 0 Å². The third kappa shape index (κ3) is 4.18. The number of aryl methyl sites for hydroxylation is 1. The molecule has 27 heavy (non-hydrogen) atoms. The lowest BCUT2D eigenvalue weighted by molar-refractivity contribution is -0.274. The summed E-state index contributed by atoms with van der Waals surface area (Å²) in [7, 11) is 0. The van der Waals surface area contributed by atoms with Gasteiger partial charge in [-0.15, -0.1) is 23.4 Å². The van der Waals surface area contributed by atoms with Gasteiger partial charge in [0.05, 0.1) is 19.5 Å². The van der Waals surface area contributed by atoms with Crippen molar-refractivity contribution in [2.75, 3.05) is 0 Å². The monoisotopic (exact) mass is 384 g/mol. The molecule has 1 N–H and O–H groups in total. The van der Waals surface area contributed by atoms with E-state index in [-0.39, 0.29) is 19.5 Å². The lowest BCUT2D eigenvalue weighted by Gasteiger charge is -2.33. The molecule has 0 bridgehead atoms. The van der Waals surface area contributed by atoms with Gasteiger partial charge in [-0.3, -0.25) is 4.79 Å². The fourth-order valence-electron chi connectivity index (χ4n) is 2.87. The molecule has 2 heterocycles. The van der Waals surface area contributed by atoms with Crippen LogP contribution in [0.15, 0.2) is 24.3 Å². The van der Waals surface area contributed by atoms with Crippen LogP contribution in [-0.4, -0.2) is 49.1 Å². The SMILES string of the molecule is Cc1nnc2n1CC(C(=O)O)N(C(=O)Cc1ccc(OC(F)(F)F)cc1)C2. The van der Waals surface area contributed by atoms with E-state index in [1.807, 2.05) is 0 Å². The summed E-state index contributed by atoms with van der Waals surface area (Å²) in [6.07, 6.45) is -4.96. The number of halogens is 3. The van der Waals surface area contributed by atoms with E-state index in [1.54, 1.807) is 11.5 Å². The lowest BCUT2D eigenvalue weighted by Crippen LogP contribution is -2.51. The largest absolute Gasteiger partial charge is 0.573 e. The number of carboxylic acids is 1. The second-order valence-corrected chi connectivity index (χ2v) is 6.02. The van der Waals surface area contributed by atoms with Crippen molar-refractivity contribution in [3.8, 4) is 5.75 Å². The maximum absolute atomic E-state index is 12.6. The van der Waals surface area contributed by atoms with Crippen LogP contribution in [0.2, 0.25) is 0 Å². The van der Waals surface area contributed by atoms with Crippen molar-refractivity contribution in [2.45, 2.75) is 38.8 Å². The predicted octanol–water partition coefficient (Wildman–Crippen LogP) is 1.52. The molecule has 1 aromatic carbocycles. The summed E-state index contributed by atoms with van der Waals surface area (Å²) in [5, 5.41) is 17.3. The number of nitrogens with zero attached hydrogens (tertiary/aromatic N) is 4. The fraction of sp³-hybridized carbons (Fsp3) is 0.375. The van der Waals surface area contributed by atoms with Crippen molar-refractivity contribution in [1.29, 1.82) is 0 Å². The average Bonchev–Trinajstić information content (AvgIpc) is 2.94. The summed E-state index contributed by atoms with van der Waals surface area (Å²) < 4.78 is 42.0. The van der Waals surface area contributed by atoms with E-state index >= 15 is 0 Å². The smallest absolute Gasteiger partial charge is 0.480 e. The predicted molar refractivity (Wildman–Crippen MR) is 83.6 cm³/mol. The zero-order valence-electron chi connectivity index (χ0n) is 14.1. The number of rotatable bonds is 4. The van der Waals surface area contributed by atoms with E-state index in [0.29, 0.717) is 17.2 Å². The maximum atomic E-state index is 12.6. The average molecular weight is 384 g/mol. The van der Waals surface area contributed by atoms with Gasteiger partial charge < -0.3 is 19.3 Å². The first kappa shape index (κ1) is 18.7. The Hall–Kier alpha value is -3.11. The molecule has 8 nitrogen and oxygen atoms in total. The van der Waals surface area contributed by atoms with Crippen molar-refractivity contribution >= 4 is 11.9 Å². The molecule has 1 amide bonds. The number of aliphatic carboxylic acids is 1. The first-order valence-electron chi connectivity index (χ1n) is 7.89. The number of carbonyl (C=O) groups is 2. The van der Waals surface area contributed by atoms with Crippen LogP contribution in [0.3, 0.4) is 0 Å². The third-order valence-electron chi connectivity index (χ3n) is 4.17. The zero-order valence-corrected chi connectivity index (χ0v) is 14.1. The summed E-state index contributed by atoms with van der Waals surface area (Å²) in [5.41, 5.74) is 0.432. The van der Waals surface area contributed by atoms with Crippen LogP contribution >= 0.6 is 0 Å². The summed E-state index contributed by atoms with van der Waals surface area (Å²) >= 11 is 0. The van der Waals surface area contributed by atoms with Gasteiger partial charge in [0.25, 0.3) is 0 Å². The molecule has 0 fully saturated rings. The number of ether oxygens (including phenoxy) is 1. The first-order chi connectivity index (χ1) is 12.6. The van der Waals surface area contributed by atoms with Gasteiger partial charge in [-0.25, -0.2) is 4.79 Å². The summed E-state index contributed by atoms with van der Waals surface area (Å²) in [4.78, 5) is 25.4. The number of fused-ring (bicyclic) bond motifs is 1. The number of hydrogen-bond acceptors (Lipinski definition) is 5. The van der Waals surface area contributed by atoms with Crippen LogP contribution in [0.25, 0.3) is 0 Å². The highest BCUT2D eigenvalue weighted by molar-refractivity contribution is 5.85. The van der Waals surface area contributed by atoms with Crippen LogP contribution < -0.4 is 4.74 Å². The second kappa shape index (κ2) is 6.89. The van der Waals surface area contributed by atoms with Gasteiger partial charge >= 0.3 is 12.3 Å². The van der Waals surface area contributed by atoms with E-state index in [0.717, 1.165) is 12.1 Å². The molecule has 144 valence electrons. The van der Waals surface area contributed by atoms with Crippen LogP contribution in [0.5, 0.6) is 5.75 Å². The molecule has 0 saturated carbocycles. The van der Waals surface area contributed by atoms with Crippen molar-refractivity contribution in [2.24, 2.45) is 0 Å². The molecule has 2 aromatic rings. The molecule has 0 radical (unpaired) electrons. The van der Waals surface area contributed by atoms with Gasteiger partial charge in [-0.1, -0.05) is 12.1 Å². The van der Waals surface area contributed by atoms with Gasteiger partial charge in [-0.05, 0) is 24.6 Å². The van der Waals surface area contributed by atoms with Crippen molar-refractivity contribution in [1.82, 2.24) is 19.7 Å². The van der Waals surface area contributed by atoms with Crippen molar-refractivity contribution in [3.63, 3.8) is 0 Å². The summed E-state index contributed by atoms with van der Waals surface area (Å²) in [6, 6.07) is 3.77. The van der Waals surface area contributed by atoms with Crippen LogP contribution in [0, 0.1) is 6.92 Å². The fourth-order valence-corrected chi connectivity index (χ4v) is 2.87. The number of alkyl halides is 3. The molecule has 1 atom stereocenters. The molecule has 1 aliphatic rings. The zero-order chi connectivity index (χ0) is 19.8. The number of aromatic nitrogens is 3. The summed E-state index contributed by atoms with van der Waals surface area (Å²) in [5.74, 6) is -0.991. The highest BCUT2D eigenvalue weighted by atomic mass is 19.4. The molecule has 1 aromatic heterocycles. The summed E-state index contributed by atoms with van der Waals surface area (Å²) in [6.45, 7) is 1.72. The molecular formula is C16H15F3N4O4. The molecule has 11 heteroatoms. The Labute approximate surface area is 151 Å². The van der Waals surface area contributed by atoms with Crippen LogP contribution in [0.1, 0.15) is 17.2 Å². The van der Waals surface area contributed by atoms with E-state index in [9.17, 15) is 27.9 Å². The Morgan fingerprint density at radius 3 is 2.52 bits per heavy atom. The molecule has 1 unspecified atom stereocenters. The van der Waals surface area contributed by atoms with Crippen LogP contribution in [0.4, 0.5) is 13.2 Å². The van der Waals surface area contributed by atoms with E-state index < -0.39 is 30.0 Å². The van der Waals surface area contributed by atoms with E-state index in [4.69, 9.17) is 0 Å². The maximum Gasteiger partial charge on any atom is 0.573 e. The van der Waals surface area contributed by atoms with Gasteiger partial charge in [0.2, 0.25) is 5.91 Å². The molecule has 0 aliphatic carbocycles. The van der Waals surface area contributed by atoms with Gasteiger partial charge in [0, 0.05) is 0 Å². The lowest BCUT2D eigenvalue weighted by atomic mass is 10.1. The first-order valence-corrected chi connectivity index (χ1v) is 7.89. The molecule has 3 rings (SSSR count). The standard InChI is InChI=1S/C16H15F3N4O4/c1-9-20-21-13-8-23(12(15(25)26)7-22(9)13)14(24)6-10-2-4-11(5-3-10)27-16(17,18)19/h2-5,12H,6-8H2,1H3,(H,25,26). The minimum atomic E-state index is -4.80. The van der Waals surface area contributed by atoms with Gasteiger partial charge in [0.15, 0.2) is 5.82 Å². The molecule has 0 saturated heterocycles. The normalized spacial score (nSPS) is 16.7. The number of carboxylic acid groups (broad SMARTS) is 1. The third-order valence-corrected chi connectivity index (χ3v) is 4.17. The second-order valence-electron chi connectivity index (χ2n) is 6.02.